The molecule has 1 saturated carbocycles. The molecular weight excluding hydrogens is 481 g/mol. The molecule has 7 nitrogen and oxygen atoms in total. The van der Waals surface area contributed by atoms with Crippen molar-refractivity contribution in [3.05, 3.63) is 35.4 Å². The maximum Gasteiger partial charge on any atom is 0.253 e. The average Bonchev–Trinajstić information content (AvgIpc) is 3.19. The van der Waals surface area contributed by atoms with Crippen molar-refractivity contribution in [3.8, 4) is 0 Å². The quantitative estimate of drug-likeness (QED) is 0.282. The van der Waals surface area contributed by atoms with Gasteiger partial charge in [0.15, 0.2) is 5.96 Å². The number of nitrogens with zero attached hydrogens (tertiary/aromatic N) is 2. The molecule has 0 saturated heterocycles. The first-order valence-electron chi connectivity index (χ1n) is 10.0. The summed E-state index contributed by atoms with van der Waals surface area (Å²) in [6, 6.07) is 8.03. The molecular formula is C21H34IN5O2. The number of nitrogens with one attached hydrogen (secondary N) is 3. The maximum absolute atomic E-state index is 12.1. The summed E-state index contributed by atoms with van der Waals surface area (Å²) in [5.41, 5.74) is 1.78. The molecule has 2 amide bonds. The number of rotatable bonds is 8. The number of halogens is 1. The lowest BCUT2D eigenvalue weighted by Crippen LogP contribution is -2.41. The van der Waals surface area contributed by atoms with Crippen LogP contribution in [0.15, 0.2) is 29.3 Å². The predicted octanol–water partition coefficient (Wildman–Crippen LogP) is 2.16. The molecule has 0 radical (unpaired) electrons. The lowest BCUT2D eigenvalue weighted by atomic mass is 10.1. The van der Waals surface area contributed by atoms with Gasteiger partial charge in [-0.25, -0.2) is 0 Å². The van der Waals surface area contributed by atoms with Gasteiger partial charge in [0.1, 0.15) is 0 Å². The Labute approximate surface area is 191 Å². The molecule has 0 aliphatic heterocycles. The van der Waals surface area contributed by atoms with Crippen molar-refractivity contribution in [1.29, 1.82) is 0 Å². The van der Waals surface area contributed by atoms with E-state index < -0.39 is 0 Å². The third-order valence-corrected chi connectivity index (χ3v) is 4.87. The molecule has 162 valence electrons. The first-order chi connectivity index (χ1) is 13.5. The van der Waals surface area contributed by atoms with E-state index in [1.54, 1.807) is 26.0 Å². The fraction of sp³-hybridized carbons (Fsp3) is 0.571. The second-order valence-corrected chi connectivity index (χ2v) is 7.37. The molecule has 29 heavy (non-hydrogen) atoms. The van der Waals surface area contributed by atoms with Crippen LogP contribution in [0.3, 0.4) is 0 Å². The van der Waals surface area contributed by atoms with Gasteiger partial charge in [0.2, 0.25) is 5.91 Å². The molecule has 3 N–H and O–H groups in total. The minimum Gasteiger partial charge on any atom is -0.356 e. The Morgan fingerprint density at radius 2 is 1.83 bits per heavy atom. The molecule has 1 aliphatic rings. The van der Waals surface area contributed by atoms with Crippen molar-refractivity contribution in [2.75, 3.05) is 34.2 Å². The van der Waals surface area contributed by atoms with Crippen molar-refractivity contribution in [2.24, 2.45) is 4.99 Å². The fourth-order valence-corrected chi connectivity index (χ4v) is 3.33. The Bertz CT molecular complexity index is 687. The molecule has 0 heterocycles. The Kier molecular flexibility index (Phi) is 11.6. The largest absolute Gasteiger partial charge is 0.356 e. The van der Waals surface area contributed by atoms with Crippen LogP contribution in [0.2, 0.25) is 0 Å². The highest BCUT2D eigenvalue weighted by molar-refractivity contribution is 14.0. The summed E-state index contributed by atoms with van der Waals surface area (Å²) in [5.74, 6) is 0.773. The number of hydrogen-bond donors (Lipinski definition) is 3. The van der Waals surface area contributed by atoms with Crippen molar-refractivity contribution in [2.45, 2.75) is 44.6 Å². The van der Waals surface area contributed by atoms with Crippen LogP contribution in [0.5, 0.6) is 0 Å². The monoisotopic (exact) mass is 515 g/mol. The molecule has 0 bridgehead atoms. The second kappa shape index (κ2) is 13.4. The van der Waals surface area contributed by atoms with Gasteiger partial charge in [-0.05, 0) is 37.0 Å². The lowest BCUT2D eigenvalue weighted by Gasteiger charge is -2.14. The zero-order valence-electron chi connectivity index (χ0n) is 17.7. The highest BCUT2D eigenvalue weighted by Crippen LogP contribution is 2.17. The molecule has 0 atom stereocenters. The van der Waals surface area contributed by atoms with Crippen LogP contribution in [0.25, 0.3) is 0 Å². The first kappa shape index (κ1) is 25.2. The summed E-state index contributed by atoms with van der Waals surface area (Å²) >= 11 is 0. The summed E-state index contributed by atoms with van der Waals surface area (Å²) in [4.78, 5) is 29.8. The van der Waals surface area contributed by atoms with Crippen molar-refractivity contribution in [3.63, 3.8) is 0 Å². The smallest absolute Gasteiger partial charge is 0.253 e. The van der Waals surface area contributed by atoms with Gasteiger partial charge in [0.25, 0.3) is 5.91 Å². The van der Waals surface area contributed by atoms with Crippen LogP contribution in [-0.4, -0.2) is 62.9 Å². The Hall–Kier alpha value is -1.84. The highest BCUT2D eigenvalue weighted by Gasteiger charge is 2.16. The summed E-state index contributed by atoms with van der Waals surface area (Å²) in [7, 11) is 5.21. The summed E-state index contributed by atoms with van der Waals surface area (Å²) in [6.45, 7) is 1.23. The standard InChI is InChI=1S/C21H33N5O2.HI/c1-22-21(24-14-12-19(27)25-18-9-4-5-10-18)23-13-11-16-7-6-8-17(15-16)20(28)26(2)3;/h6-8,15,18H,4-5,9-14H2,1-3H3,(H,25,27)(H2,22,23,24);1H. The Balaban J connectivity index is 0.00000420. The molecule has 1 fully saturated rings. The lowest BCUT2D eigenvalue weighted by molar-refractivity contribution is -0.121. The Morgan fingerprint density at radius 3 is 2.48 bits per heavy atom. The number of guanidine groups is 1. The van der Waals surface area contributed by atoms with E-state index >= 15 is 0 Å². The van der Waals surface area contributed by atoms with E-state index in [1.807, 2.05) is 24.3 Å². The van der Waals surface area contributed by atoms with E-state index in [0.29, 0.717) is 37.1 Å². The van der Waals surface area contributed by atoms with Gasteiger partial charge in [-0.2, -0.15) is 0 Å². The van der Waals surface area contributed by atoms with Crippen LogP contribution in [0, 0.1) is 0 Å². The van der Waals surface area contributed by atoms with Gasteiger partial charge >= 0.3 is 0 Å². The third kappa shape index (κ3) is 9.01. The van der Waals surface area contributed by atoms with Crippen LogP contribution in [0.1, 0.15) is 48.0 Å². The van der Waals surface area contributed by atoms with Gasteiger partial charge in [-0.3, -0.25) is 14.6 Å². The van der Waals surface area contributed by atoms with Crippen LogP contribution in [0.4, 0.5) is 0 Å². The van der Waals surface area contributed by atoms with E-state index in [-0.39, 0.29) is 35.8 Å². The predicted molar refractivity (Wildman–Crippen MR) is 128 cm³/mol. The number of hydrogen-bond acceptors (Lipinski definition) is 3. The van der Waals surface area contributed by atoms with E-state index in [4.69, 9.17) is 0 Å². The minimum atomic E-state index is 0. The molecule has 1 aromatic rings. The van der Waals surface area contributed by atoms with E-state index in [2.05, 4.69) is 20.9 Å². The fourth-order valence-electron chi connectivity index (χ4n) is 3.33. The first-order valence-corrected chi connectivity index (χ1v) is 10.0. The third-order valence-electron chi connectivity index (χ3n) is 4.87. The average molecular weight is 515 g/mol. The minimum absolute atomic E-state index is 0. The van der Waals surface area contributed by atoms with Crippen molar-refractivity contribution < 1.29 is 9.59 Å². The molecule has 2 rings (SSSR count). The molecule has 0 aromatic heterocycles. The SMILES string of the molecule is CN=C(NCCC(=O)NC1CCCC1)NCCc1cccc(C(=O)N(C)C)c1.I. The van der Waals surface area contributed by atoms with E-state index in [0.717, 1.165) is 24.8 Å². The molecule has 1 aliphatic carbocycles. The van der Waals surface area contributed by atoms with Gasteiger partial charge in [0, 0.05) is 52.3 Å². The summed E-state index contributed by atoms with van der Waals surface area (Å²) < 4.78 is 0. The maximum atomic E-state index is 12.1. The molecule has 8 heteroatoms. The van der Waals surface area contributed by atoms with Crippen molar-refractivity contribution >= 4 is 41.8 Å². The zero-order chi connectivity index (χ0) is 20.4. The van der Waals surface area contributed by atoms with Crippen molar-refractivity contribution in [1.82, 2.24) is 20.9 Å². The topological polar surface area (TPSA) is 85.8 Å². The second-order valence-electron chi connectivity index (χ2n) is 7.37. The van der Waals surface area contributed by atoms with Gasteiger partial charge in [0.05, 0.1) is 0 Å². The summed E-state index contributed by atoms with van der Waals surface area (Å²) in [5, 5.41) is 9.51. The Morgan fingerprint density at radius 1 is 1.14 bits per heavy atom. The highest BCUT2D eigenvalue weighted by atomic mass is 127. The zero-order valence-corrected chi connectivity index (χ0v) is 20.0. The van der Waals surface area contributed by atoms with Gasteiger partial charge in [-0.15, -0.1) is 24.0 Å². The number of carbonyl (C=O) groups excluding carboxylic acids is 2. The normalized spacial score (nSPS) is 14.1. The number of carbonyl (C=O) groups is 2. The van der Waals surface area contributed by atoms with Gasteiger partial charge in [-0.1, -0.05) is 25.0 Å². The van der Waals surface area contributed by atoms with Gasteiger partial charge < -0.3 is 20.9 Å². The molecule has 1 aromatic carbocycles. The van der Waals surface area contributed by atoms with Crippen LogP contribution < -0.4 is 16.0 Å². The number of aliphatic imine (C=N–C) groups is 1. The van der Waals surface area contributed by atoms with E-state index in [9.17, 15) is 9.59 Å². The summed E-state index contributed by atoms with van der Waals surface area (Å²) in [6.07, 6.45) is 5.84. The number of amides is 2. The molecule has 0 spiro atoms. The van der Waals surface area contributed by atoms with Crippen LogP contribution >= 0.6 is 24.0 Å². The molecule has 0 unspecified atom stereocenters. The van der Waals surface area contributed by atoms with E-state index in [1.165, 1.54) is 12.8 Å². The van der Waals surface area contributed by atoms with Crippen LogP contribution in [-0.2, 0) is 11.2 Å². The number of benzene rings is 1.